The number of aliphatic hydroxyl groups is 2. The van der Waals surface area contributed by atoms with Crippen LogP contribution in [-0.2, 0) is 19.0 Å². The second-order valence-corrected chi connectivity index (χ2v) is 10.3. The van der Waals surface area contributed by atoms with Crippen molar-refractivity contribution in [2.75, 3.05) is 0 Å². The Hall–Kier alpha value is -1.99. The highest BCUT2D eigenvalue weighted by atomic mass is 16.6. The number of allylic oxidation sites excluding steroid dienone is 3. The highest BCUT2D eigenvalue weighted by Crippen LogP contribution is 2.34. The number of ether oxygens (including phenoxy) is 3. The van der Waals surface area contributed by atoms with Crippen LogP contribution in [0.2, 0.25) is 0 Å². The van der Waals surface area contributed by atoms with Gasteiger partial charge >= 0.3 is 5.97 Å². The lowest BCUT2D eigenvalue weighted by Gasteiger charge is -2.25. The first-order valence-corrected chi connectivity index (χ1v) is 13.2. The van der Waals surface area contributed by atoms with Crippen LogP contribution in [0.1, 0.15) is 64.2 Å². The first-order chi connectivity index (χ1) is 17.0. The zero-order valence-electron chi connectivity index (χ0n) is 20.5. The molecule has 1 fully saturated rings. The van der Waals surface area contributed by atoms with Gasteiger partial charge in [-0.3, -0.25) is 0 Å². The van der Waals surface area contributed by atoms with Crippen molar-refractivity contribution in [3.05, 3.63) is 60.8 Å². The number of esters is 1. The monoisotopic (exact) mass is 484 g/mol. The molecular formula is C29H40O6. The molecule has 192 valence electrons. The van der Waals surface area contributed by atoms with Gasteiger partial charge in [0, 0.05) is 12.5 Å². The maximum atomic E-state index is 12.6. The summed E-state index contributed by atoms with van der Waals surface area (Å²) in [7, 11) is 0. The van der Waals surface area contributed by atoms with Crippen molar-refractivity contribution < 1.29 is 29.2 Å². The lowest BCUT2D eigenvalue weighted by molar-refractivity contribution is -0.148. The predicted molar refractivity (Wildman–Crippen MR) is 135 cm³/mol. The Bertz CT molecular complexity index is 842. The van der Waals surface area contributed by atoms with Gasteiger partial charge in [-0.2, -0.15) is 0 Å². The van der Waals surface area contributed by atoms with Crippen LogP contribution in [0.15, 0.2) is 60.8 Å². The van der Waals surface area contributed by atoms with Gasteiger partial charge in [-0.15, -0.1) is 0 Å². The van der Waals surface area contributed by atoms with Crippen molar-refractivity contribution in [2.45, 2.75) is 107 Å². The van der Waals surface area contributed by atoms with Crippen LogP contribution in [0.25, 0.3) is 0 Å². The van der Waals surface area contributed by atoms with Crippen molar-refractivity contribution in [1.82, 2.24) is 0 Å². The van der Waals surface area contributed by atoms with Crippen LogP contribution in [0.4, 0.5) is 0 Å². The van der Waals surface area contributed by atoms with E-state index in [0.717, 1.165) is 50.5 Å². The van der Waals surface area contributed by atoms with Crippen molar-refractivity contribution in [3.63, 3.8) is 0 Å². The molecule has 0 aromatic rings. The van der Waals surface area contributed by atoms with E-state index in [2.05, 4.69) is 24.8 Å². The second kappa shape index (κ2) is 12.8. The summed E-state index contributed by atoms with van der Waals surface area (Å²) in [4.78, 5) is 12.6. The number of aliphatic hydroxyl groups excluding tert-OH is 2. The van der Waals surface area contributed by atoms with E-state index in [4.69, 9.17) is 14.2 Å². The average Bonchev–Trinajstić information content (AvgIpc) is 3.62. The van der Waals surface area contributed by atoms with E-state index >= 15 is 0 Å². The summed E-state index contributed by atoms with van der Waals surface area (Å²) >= 11 is 0. The molecule has 3 aliphatic heterocycles. The third kappa shape index (κ3) is 8.28. The van der Waals surface area contributed by atoms with Crippen LogP contribution in [-0.4, -0.2) is 58.9 Å². The molecule has 0 saturated carbocycles. The molecule has 6 heteroatoms. The summed E-state index contributed by atoms with van der Waals surface area (Å²) < 4.78 is 17.6. The molecule has 0 aromatic carbocycles. The van der Waals surface area contributed by atoms with Gasteiger partial charge in [-0.1, -0.05) is 54.7 Å². The maximum absolute atomic E-state index is 12.6. The van der Waals surface area contributed by atoms with Crippen molar-refractivity contribution in [2.24, 2.45) is 5.92 Å². The lowest BCUT2D eigenvalue weighted by atomic mass is 9.94. The highest BCUT2D eigenvalue weighted by Gasteiger charge is 2.46. The molecule has 3 heterocycles. The van der Waals surface area contributed by atoms with Gasteiger partial charge in [0.1, 0.15) is 18.3 Å². The van der Waals surface area contributed by atoms with Gasteiger partial charge in [0.05, 0.1) is 24.4 Å². The number of rotatable bonds is 3. The fourth-order valence-electron chi connectivity index (χ4n) is 5.18. The molecule has 4 aliphatic rings. The molecule has 1 unspecified atom stereocenters. The minimum atomic E-state index is -0.949. The molecule has 2 N–H and O–H groups in total. The van der Waals surface area contributed by atoms with Gasteiger partial charge in [0.2, 0.25) is 0 Å². The number of hydrogen-bond acceptors (Lipinski definition) is 6. The van der Waals surface area contributed by atoms with Crippen LogP contribution in [0.5, 0.6) is 0 Å². The van der Waals surface area contributed by atoms with Crippen molar-refractivity contribution in [1.29, 1.82) is 0 Å². The molecule has 4 rings (SSSR count). The maximum Gasteiger partial charge on any atom is 0.330 e. The quantitative estimate of drug-likeness (QED) is 0.349. The standard InChI is InChI=1S/C29H40O6/c1-20-8-5-11-22-12-6-13-23(33-22)14-7-15-28(32)34-26(19-27-29(35-27)25(31)18-20)24(30)17-16-21-9-3-2-4-10-21/h3,6-7,9,13,15-17,21-27,29-31H,1-2,4-5,8,10-12,14,18-19H2/b15-7-,17-16+/t21?,22-,23+,24+,25+,26+,27+,29+/m1/s1. The molecule has 35 heavy (non-hydrogen) atoms. The number of carbonyl (C=O) groups excluding carboxylic acids is 1. The summed E-state index contributed by atoms with van der Waals surface area (Å²) in [6.45, 7) is 4.15. The Balaban J connectivity index is 1.43. The third-order valence-corrected chi connectivity index (χ3v) is 7.25. The smallest absolute Gasteiger partial charge is 0.330 e. The topological polar surface area (TPSA) is 88.5 Å². The van der Waals surface area contributed by atoms with E-state index in [9.17, 15) is 15.0 Å². The fourth-order valence-corrected chi connectivity index (χ4v) is 5.18. The van der Waals surface area contributed by atoms with Crippen molar-refractivity contribution >= 4 is 5.97 Å². The van der Waals surface area contributed by atoms with Crippen LogP contribution in [0, 0.1) is 5.92 Å². The minimum absolute atomic E-state index is 0.0600. The van der Waals surface area contributed by atoms with Gasteiger partial charge in [0.15, 0.2) is 0 Å². The summed E-state index contributed by atoms with van der Waals surface area (Å²) in [5.41, 5.74) is 1.00. The van der Waals surface area contributed by atoms with Gasteiger partial charge in [-0.25, -0.2) is 4.79 Å². The molecule has 0 spiro atoms. The summed E-state index contributed by atoms with van der Waals surface area (Å²) in [6, 6.07) is 0. The number of hydrogen-bond donors (Lipinski definition) is 2. The molecule has 2 bridgehead atoms. The number of carbonyl (C=O) groups is 1. The first-order valence-electron chi connectivity index (χ1n) is 13.2. The van der Waals surface area contributed by atoms with E-state index in [1.54, 1.807) is 12.2 Å². The Morgan fingerprint density at radius 3 is 2.80 bits per heavy atom. The lowest BCUT2D eigenvalue weighted by Crippen LogP contribution is -2.32. The predicted octanol–water partition coefficient (Wildman–Crippen LogP) is 4.48. The van der Waals surface area contributed by atoms with Crippen LogP contribution >= 0.6 is 0 Å². The number of cyclic esters (lactones) is 1. The van der Waals surface area contributed by atoms with E-state index in [1.165, 1.54) is 6.08 Å². The van der Waals surface area contributed by atoms with Gasteiger partial charge < -0.3 is 24.4 Å². The van der Waals surface area contributed by atoms with E-state index < -0.39 is 24.3 Å². The fraction of sp³-hybridized carbons (Fsp3) is 0.621. The van der Waals surface area contributed by atoms with Crippen LogP contribution in [0.3, 0.4) is 0 Å². The first kappa shape index (κ1) is 26.1. The summed E-state index contributed by atoms with van der Waals surface area (Å²) in [5.74, 6) is -0.207. The largest absolute Gasteiger partial charge is 0.456 e. The minimum Gasteiger partial charge on any atom is -0.456 e. The second-order valence-electron chi connectivity index (χ2n) is 10.3. The third-order valence-electron chi connectivity index (χ3n) is 7.25. The highest BCUT2D eigenvalue weighted by molar-refractivity contribution is 5.82. The molecule has 0 radical (unpaired) electrons. The zero-order valence-corrected chi connectivity index (χ0v) is 20.5. The van der Waals surface area contributed by atoms with E-state index in [1.807, 2.05) is 12.2 Å². The SMILES string of the molecule is C=C1CCC[C@@H]2CC=C[C@@H](C/C=C\C(=O)O[C@H]([C@@H](O)/C=C/C3C=CCCC3)C[C@@H]3O[C@H]3[C@@H](O)C1)O2. The molecule has 1 saturated heterocycles. The van der Waals surface area contributed by atoms with E-state index in [-0.39, 0.29) is 24.4 Å². The Labute approximate surface area is 209 Å². The number of epoxide rings is 1. The Morgan fingerprint density at radius 1 is 1.09 bits per heavy atom. The van der Waals surface area contributed by atoms with Gasteiger partial charge in [0.25, 0.3) is 0 Å². The Kier molecular flexibility index (Phi) is 9.55. The zero-order chi connectivity index (χ0) is 24.6. The van der Waals surface area contributed by atoms with Gasteiger partial charge in [-0.05, 0) is 63.7 Å². The van der Waals surface area contributed by atoms with E-state index in [0.29, 0.717) is 25.2 Å². The molecular weight excluding hydrogens is 444 g/mol. The van der Waals surface area contributed by atoms with Crippen molar-refractivity contribution in [3.8, 4) is 0 Å². The average molecular weight is 485 g/mol. The number of fused-ring (bicyclic) bond motifs is 3. The Morgan fingerprint density at radius 2 is 1.97 bits per heavy atom. The molecule has 0 aromatic heterocycles. The molecule has 6 nitrogen and oxygen atoms in total. The molecule has 1 aliphatic carbocycles. The normalized spacial score (nSPS) is 38.7. The molecule has 0 amide bonds. The molecule has 8 atom stereocenters. The van der Waals surface area contributed by atoms with Crippen LogP contribution < -0.4 is 0 Å². The summed E-state index contributed by atoms with van der Waals surface area (Å²) in [5, 5.41) is 21.5. The summed E-state index contributed by atoms with van der Waals surface area (Å²) in [6.07, 6.45) is 20.9.